The second-order valence-corrected chi connectivity index (χ2v) is 5.18. The lowest BCUT2D eigenvalue weighted by Crippen LogP contribution is -2.45. The fourth-order valence-corrected chi connectivity index (χ4v) is 2.37. The summed E-state index contributed by atoms with van der Waals surface area (Å²) in [5.74, 6) is 0.923. The first kappa shape index (κ1) is 14.3. The van der Waals surface area contributed by atoms with Gasteiger partial charge in [0.2, 0.25) is 0 Å². The van der Waals surface area contributed by atoms with Gasteiger partial charge < -0.3 is 15.0 Å². The second kappa shape index (κ2) is 7.48. The molecule has 0 spiro atoms. The number of benzene rings is 1. The minimum atomic E-state index is 0.923. The Labute approximate surface area is 116 Å². The fraction of sp³-hybridized carbons (Fsp3) is 0.600. The van der Waals surface area contributed by atoms with Crippen LogP contribution in [0.3, 0.4) is 0 Å². The zero-order chi connectivity index (χ0) is 13.5. The Balaban J connectivity index is 1.71. The van der Waals surface area contributed by atoms with Gasteiger partial charge in [0.15, 0.2) is 0 Å². The van der Waals surface area contributed by atoms with Crippen molar-refractivity contribution in [3.63, 3.8) is 0 Å². The summed E-state index contributed by atoms with van der Waals surface area (Å²) >= 11 is 0. The Morgan fingerprint density at radius 2 is 1.89 bits per heavy atom. The first-order chi connectivity index (χ1) is 9.28. The van der Waals surface area contributed by atoms with E-state index in [1.807, 2.05) is 12.1 Å². The predicted octanol–water partition coefficient (Wildman–Crippen LogP) is 1.03. The summed E-state index contributed by atoms with van der Waals surface area (Å²) in [6.45, 7) is 7.88. The van der Waals surface area contributed by atoms with Gasteiger partial charge in [-0.3, -0.25) is 4.90 Å². The van der Waals surface area contributed by atoms with E-state index in [1.165, 1.54) is 18.7 Å². The maximum atomic E-state index is 5.17. The van der Waals surface area contributed by atoms with E-state index in [2.05, 4.69) is 34.3 Å². The molecule has 0 saturated carbocycles. The van der Waals surface area contributed by atoms with Crippen molar-refractivity contribution in [3.8, 4) is 5.75 Å². The summed E-state index contributed by atoms with van der Waals surface area (Å²) < 4.78 is 5.17. The summed E-state index contributed by atoms with van der Waals surface area (Å²) in [6, 6.07) is 8.33. The van der Waals surface area contributed by atoms with E-state index < -0.39 is 0 Å². The van der Waals surface area contributed by atoms with Crippen molar-refractivity contribution in [2.75, 3.05) is 53.4 Å². The third-order valence-corrected chi connectivity index (χ3v) is 3.62. The van der Waals surface area contributed by atoms with Crippen molar-refractivity contribution in [1.29, 1.82) is 0 Å². The van der Waals surface area contributed by atoms with Crippen LogP contribution in [0.4, 0.5) is 0 Å². The average molecular weight is 263 g/mol. The number of hydrogen-bond donors (Lipinski definition) is 1. The van der Waals surface area contributed by atoms with Gasteiger partial charge in [-0.15, -0.1) is 0 Å². The smallest absolute Gasteiger partial charge is 0.118 e. The van der Waals surface area contributed by atoms with E-state index in [9.17, 15) is 0 Å². The monoisotopic (exact) mass is 263 g/mol. The molecule has 4 heteroatoms. The predicted molar refractivity (Wildman–Crippen MR) is 78.6 cm³/mol. The lowest BCUT2D eigenvalue weighted by atomic mass is 10.2. The van der Waals surface area contributed by atoms with Crippen LogP contribution >= 0.6 is 0 Å². The van der Waals surface area contributed by atoms with E-state index in [0.29, 0.717) is 0 Å². The molecular weight excluding hydrogens is 238 g/mol. The highest BCUT2D eigenvalue weighted by atomic mass is 16.5. The molecule has 0 bridgehead atoms. The Morgan fingerprint density at radius 3 is 2.53 bits per heavy atom. The number of likely N-dealkylation sites (N-methyl/N-ethyl adjacent to an activating group) is 1. The molecular formula is C15H25N3O. The molecule has 1 saturated heterocycles. The molecule has 1 aliphatic heterocycles. The third-order valence-electron chi connectivity index (χ3n) is 3.62. The van der Waals surface area contributed by atoms with Crippen LogP contribution in [-0.4, -0.2) is 63.2 Å². The molecule has 0 aromatic heterocycles. The Bertz CT molecular complexity index is 360. The second-order valence-electron chi connectivity index (χ2n) is 5.18. The quantitative estimate of drug-likeness (QED) is 0.830. The van der Waals surface area contributed by atoms with E-state index in [0.717, 1.165) is 38.5 Å². The summed E-state index contributed by atoms with van der Waals surface area (Å²) in [4.78, 5) is 4.91. The molecule has 1 aliphatic rings. The highest BCUT2D eigenvalue weighted by Crippen LogP contribution is 2.12. The maximum absolute atomic E-state index is 5.17. The standard InChI is InChI=1S/C15H25N3O/c1-17(11-12-18-9-7-16-8-10-18)13-14-3-5-15(19-2)6-4-14/h3-6,16H,7-13H2,1-2H3. The SMILES string of the molecule is COc1ccc(CN(C)CCN2CCNCC2)cc1. The van der Waals surface area contributed by atoms with Crippen molar-refractivity contribution in [2.45, 2.75) is 6.54 Å². The first-order valence-corrected chi connectivity index (χ1v) is 7.02. The number of piperazine rings is 1. The molecule has 1 N–H and O–H groups in total. The van der Waals surface area contributed by atoms with Crippen LogP contribution in [0.1, 0.15) is 5.56 Å². The van der Waals surface area contributed by atoms with Gasteiger partial charge in [0.1, 0.15) is 5.75 Å². The van der Waals surface area contributed by atoms with Gasteiger partial charge in [-0.25, -0.2) is 0 Å². The maximum Gasteiger partial charge on any atom is 0.118 e. The zero-order valence-corrected chi connectivity index (χ0v) is 12.1. The van der Waals surface area contributed by atoms with Crippen LogP contribution in [0.2, 0.25) is 0 Å². The summed E-state index contributed by atoms with van der Waals surface area (Å²) in [5, 5.41) is 3.39. The van der Waals surface area contributed by atoms with Crippen molar-refractivity contribution in [3.05, 3.63) is 29.8 Å². The number of ether oxygens (including phenoxy) is 1. The molecule has 1 fully saturated rings. The van der Waals surface area contributed by atoms with E-state index in [1.54, 1.807) is 7.11 Å². The van der Waals surface area contributed by atoms with Gasteiger partial charge in [0, 0.05) is 45.8 Å². The van der Waals surface area contributed by atoms with E-state index >= 15 is 0 Å². The first-order valence-electron chi connectivity index (χ1n) is 7.02. The molecule has 4 nitrogen and oxygen atoms in total. The molecule has 0 radical (unpaired) electrons. The molecule has 106 valence electrons. The van der Waals surface area contributed by atoms with Gasteiger partial charge >= 0.3 is 0 Å². The van der Waals surface area contributed by atoms with Gasteiger partial charge in [-0.05, 0) is 24.7 Å². The number of nitrogens with one attached hydrogen (secondary N) is 1. The van der Waals surface area contributed by atoms with Gasteiger partial charge in [0.05, 0.1) is 7.11 Å². The lowest BCUT2D eigenvalue weighted by molar-refractivity contribution is 0.202. The Hall–Kier alpha value is -1.10. The third kappa shape index (κ3) is 4.82. The fourth-order valence-electron chi connectivity index (χ4n) is 2.37. The molecule has 0 aliphatic carbocycles. The number of rotatable bonds is 6. The minimum Gasteiger partial charge on any atom is -0.497 e. The Kier molecular flexibility index (Phi) is 5.63. The van der Waals surface area contributed by atoms with E-state index in [-0.39, 0.29) is 0 Å². The molecule has 0 amide bonds. The van der Waals surface area contributed by atoms with Crippen LogP contribution in [0, 0.1) is 0 Å². The number of nitrogens with zero attached hydrogens (tertiary/aromatic N) is 2. The average Bonchev–Trinajstić information content (AvgIpc) is 2.47. The molecule has 1 heterocycles. The van der Waals surface area contributed by atoms with Crippen LogP contribution in [0.5, 0.6) is 5.75 Å². The van der Waals surface area contributed by atoms with Crippen LogP contribution < -0.4 is 10.1 Å². The Morgan fingerprint density at radius 1 is 1.21 bits per heavy atom. The van der Waals surface area contributed by atoms with Crippen LogP contribution in [0.15, 0.2) is 24.3 Å². The van der Waals surface area contributed by atoms with E-state index in [4.69, 9.17) is 4.74 Å². The normalized spacial score (nSPS) is 16.8. The molecule has 19 heavy (non-hydrogen) atoms. The number of hydrogen-bond acceptors (Lipinski definition) is 4. The molecule has 0 unspecified atom stereocenters. The van der Waals surface area contributed by atoms with Crippen molar-refractivity contribution in [1.82, 2.24) is 15.1 Å². The topological polar surface area (TPSA) is 27.7 Å². The highest BCUT2D eigenvalue weighted by molar-refractivity contribution is 5.26. The molecule has 1 aromatic rings. The van der Waals surface area contributed by atoms with Crippen molar-refractivity contribution in [2.24, 2.45) is 0 Å². The highest BCUT2D eigenvalue weighted by Gasteiger charge is 2.10. The molecule has 0 atom stereocenters. The van der Waals surface area contributed by atoms with Gasteiger partial charge in [-0.1, -0.05) is 12.1 Å². The molecule has 2 rings (SSSR count). The zero-order valence-electron chi connectivity index (χ0n) is 12.1. The van der Waals surface area contributed by atoms with Gasteiger partial charge in [0.25, 0.3) is 0 Å². The minimum absolute atomic E-state index is 0.923. The summed E-state index contributed by atoms with van der Waals surface area (Å²) in [7, 11) is 3.89. The van der Waals surface area contributed by atoms with Gasteiger partial charge in [-0.2, -0.15) is 0 Å². The van der Waals surface area contributed by atoms with Crippen LogP contribution in [-0.2, 0) is 6.54 Å². The number of methoxy groups -OCH3 is 1. The largest absolute Gasteiger partial charge is 0.497 e. The van der Waals surface area contributed by atoms with Crippen molar-refractivity contribution < 1.29 is 4.74 Å². The van der Waals surface area contributed by atoms with Crippen LogP contribution in [0.25, 0.3) is 0 Å². The van der Waals surface area contributed by atoms with Crippen molar-refractivity contribution >= 4 is 0 Å². The lowest BCUT2D eigenvalue weighted by Gasteiger charge is -2.29. The molecule has 1 aromatic carbocycles. The summed E-state index contributed by atoms with van der Waals surface area (Å²) in [6.07, 6.45) is 0. The summed E-state index contributed by atoms with van der Waals surface area (Å²) in [5.41, 5.74) is 1.34.